The Balaban J connectivity index is 1.75. The fourth-order valence-electron chi connectivity index (χ4n) is 2.21. The Bertz CT molecular complexity index is 429. The first-order valence-corrected chi connectivity index (χ1v) is 7.11. The second-order valence-corrected chi connectivity index (χ2v) is 4.95. The van der Waals surface area contributed by atoms with E-state index < -0.39 is 6.10 Å². The molecule has 0 fully saturated rings. The Morgan fingerprint density at radius 2 is 2.32 bits per heavy atom. The number of allylic oxidation sites excluding steroid dienone is 1. The number of unbranched alkanes of at least 4 members (excludes halogenated alkanes) is 1. The average molecular weight is 261 g/mol. The lowest BCUT2D eigenvalue weighted by molar-refractivity contribution is 0.106. The van der Waals surface area contributed by atoms with Crippen molar-refractivity contribution in [1.29, 1.82) is 0 Å². The molecule has 1 aliphatic carbocycles. The normalized spacial score (nSPS) is 14.4. The van der Waals surface area contributed by atoms with Crippen LogP contribution in [0.2, 0.25) is 0 Å². The molecule has 1 aromatic rings. The van der Waals surface area contributed by atoms with Gasteiger partial charge in [0.15, 0.2) is 0 Å². The lowest BCUT2D eigenvalue weighted by atomic mass is 10.1. The quantitative estimate of drug-likeness (QED) is 0.706. The van der Waals surface area contributed by atoms with Crippen LogP contribution in [0.15, 0.2) is 24.3 Å². The summed E-state index contributed by atoms with van der Waals surface area (Å²) < 4.78 is 5.74. The highest BCUT2D eigenvalue weighted by Gasteiger charge is 2.12. The third-order valence-electron chi connectivity index (χ3n) is 3.31. The second-order valence-electron chi connectivity index (χ2n) is 4.95. The van der Waals surface area contributed by atoms with Gasteiger partial charge in [-0.2, -0.15) is 0 Å². The van der Waals surface area contributed by atoms with Gasteiger partial charge in [-0.15, -0.1) is 0 Å². The lowest BCUT2D eigenvalue weighted by Gasteiger charge is -2.15. The SMILES string of the molecule is CCCCNCC(O)COc1cccc2c1CC=C2. The van der Waals surface area contributed by atoms with Crippen molar-refractivity contribution in [2.24, 2.45) is 0 Å². The molecule has 0 saturated carbocycles. The number of benzene rings is 1. The Labute approximate surface area is 115 Å². The summed E-state index contributed by atoms with van der Waals surface area (Å²) in [5.41, 5.74) is 2.46. The zero-order valence-electron chi connectivity index (χ0n) is 11.6. The highest BCUT2D eigenvalue weighted by atomic mass is 16.5. The largest absolute Gasteiger partial charge is 0.491 e. The van der Waals surface area contributed by atoms with Gasteiger partial charge < -0.3 is 15.2 Å². The highest BCUT2D eigenvalue weighted by molar-refractivity contribution is 5.63. The van der Waals surface area contributed by atoms with Crippen LogP contribution >= 0.6 is 0 Å². The minimum absolute atomic E-state index is 0.343. The Morgan fingerprint density at radius 3 is 3.16 bits per heavy atom. The summed E-state index contributed by atoms with van der Waals surface area (Å²) in [5, 5.41) is 13.1. The zero-order valence-corrected chi connectivity index (χ0v) is 11.6. The summed E-state index contributed by atoms with van der Waals surface area (Å²) in [7, 11) is 0. The molecule has 0 heterocycles. The Morgan fingerprint density at radius 1 is 1.42 bits per heavy atom. The van der Waals surface area contributed by atoms with Gasteiger partial charge in [-0.25, -0.2) is 0 Å². The minimum atomic E-state index is -0.456. The van der Waals surface area contributed by atoms with Crippen LogP contribution in [-0.2, 0) is 6.42 Å². The minimum Gasteiger partial charge on any atom is -0.491 e. The molecule has 2 rings (SSSR count). The highest BCUT2D eigenvalue weighted by Crippen LogP contribution is 2.28. The van der Waals surface area contributed by atoms with Gasteiger partial charge in [0, 0.05) is 12.1 Å². The van der Waals surface area contributed by atoms with Gasteiger partial charge in [-0.05, 0) is 31.0 Å². The Hall–Kier alpha value is -1.32. The maximum absolute atomic E-state index is 9.86. The van der Waals surface area contributed by atoms with Crippen LogP contribution in [0.3, 0.4) is 0 Å². The standard InChI is InChI=1S/C16H23NO2/c1-2-3-10-17-11-14(18)12-19-16-9-5-7-13-6-4-8-15(13)16/h4-7,9,14,17-18H,2-3,8,10-12H2,1H3. The van der Waals surface area contributed by atoms with Crippen LogP contribution in [0.25, 0.3) is 6.08 Å². The van der Waals surface area contributed by atoms with E-state index in [0.717, 1.165) is 25.1 Å². The fraction of sp³-hybridized carbons (Fsp3) is 0.500. The van der Waals surface area contributed by atoms with E-state index in [-0.39, 0.29) is 0 Å². The lowest BCUT2D eigenvalue weighted by Crippen LogP contribution is -2.32. The van der Waals surface area contributed by atoms with Gasteiger partial charge in [0.1, 0.15) is 18.5 Å². The molecule has 0 bridgehead atoms. The van der Waals surface area contributed by atoms with Gasteiger partial charge in [0.25, 0.3) is 0 Å². The summed E-state index contributed by atoms with van der Waals surface area (Å²) in [4.78, 5) is 0. The molecule has 1 aliphatic rings. The van der Waals surface area contributed by atoms with Gasteiger partial charge in [-0.1, -0.05) is 37.6 Å². The zero-order chi connectivity index (χ0) is 13.5. The number of rotatable bonds is 8. The van der Waals surface area contributed by atoms with E-state index in [1.807, 2.05) is 12.1 Å². The van der Waals surface area contributed by atoms with Crippen LogP contribution in [0.5, 0.6) is 5.75 Å². The number of nitrogens with one attached hydrogen (secondary N) is 1. The van der Waals surface area contributed by atoms with Gasteiger partial charge >= 0.3 is 0 Å². The van der Waals surface area contributed by atoms with Gasteiger partial charge in [0.05, 0.1) is 0 Å². The average Bonchev–Trinajstić information content (AvgIpc) is 2.90. The summed E-state index contributed by atoms with van der Waals surface area (Å²) >= 11 is 0. The molecule has 1 aromatic carbocycles. The van der Waals surface area contributed by atoms with E-state index in [1.165, 1.54) is 17.5 Å². The second kappa shape index (κ2) is 7.31. The van der Waals surface area contributed by atoms with Gasteiger partial charge in [-0.3, -0.25) is 0 Å². The van der Waals surface area contributed by atoms with E-state index >= 15 is 0 Å². The van der Waals surface area contributed by atoms with Crippen LogP contribution in [0.4, 0.5) is 0 Å². The van der Waals surface area contributed by atoms with E-state index in [4.69, 9.17) is 4.74 Å². The molecular formula is C16H23NO2. The molecule has 0 spiro atoms. The number of aliphatic hydroxyl groups is 1. The van der Waals surface area contributed by atoms with Crippen molar-refractivity contribution in [3.63, 3.8) is 0 Å². The topological polar surface area (TPSA) is 41.5 Å². The van der Waals surface area contributed by atoms with Gasteiger partial charge in [0.2, 0.25) is 0 Å². The number of fused-ring (bicyclic) bond motifs is 1. The summed E-state index contributed by atoms with van der Waals surface area (Å²) in [5.74, 6) is 0.898. The molecule has 3 nitrogen and oxygen atoms in total. The summed E-state index contributed by atoms with van der Waals surface area (Å²) in [6.45, 7) is 4.05. The molecule has 0 aliphatic heterocycles. The predicted octanol–water partition coefficient (Wildman–Crippen LogP) is 2.39. The van der Waals surface area contributed by atoms with E-state index in [9.17, 15) is 5.11 Å². The van der Waals surface area contributed by atoms with Crippen molar-refractivity contribution in [2.75, 3.05) is 19.7 Å². The molecule has 0 radical (unpaired) electrons. The molecule has 0 saturated heterocycles. The van der Waals surface area contributed by atoms with Crippen molar-refractivity contribution >= 4 is 6.08 Å². The molecule has 104 valence electrons. The number of aliphatic hydroxyl groups excluding tert-OH is 1. The third kappa shape index (κ3) is 4.08. The van der Waals surface area contributed by atoms with Crippen LogP contribution in [-0.4, -0.2) is 30.9 Å². The molecule has 0 aromatic heterocycles. The molecule has 1 unspecified atom stereocenters. The van der Waals surface area contributed by atoms with Crippen LogP contribution in [0, 0.1) is 0 Å². The monoisotopic (exact) mass is 261 g/mol. The maximum Gasteiger partial charge on any atom is 0.123 e. The molecule has 19 heavy (non-hydrogen) atoms. The van der Waals surface area contributed by atoms with Crippen LogP contribution < -0.4 is 10.1 Å². The first-order chi connectivity index (χ1) is 9.31. The number of hydrogen-bond donors (Lipinski definition) is 2. The molecular weight excluding hydrogens is 238 g/mol. The van der Waals surface area contributed by atoms with Crippen molar-refractivity contribution < 1.29 is 9.84 Å². The molecule has 1 atom stereocenters. The van der Waals surface area contributed by atoms with E-state index in [0.29, 0.717) is 13.2 Å². The molecule has 2 N–H and O–H groups in total. The molecule has 0 amide bonds. The fourth-order valence-corrected chi connectivity index (χ4v) is 2.21. The predicted molar refractivity (Wildman–Crippen MR) is 78.5 cm³/mol. The number of ether oxygens (including phenoxy) is 1. The summed E-state index contributed by atoms with van der Waals surface area (Å²) in [6.07, 6.45) is 7.04. The first-order valence-electron chi connectivity index (χ1n) is 7.11. The summed E-state index contributed by atoms with van der Waals surface area (Å²) in [6, 6.07) is 6.06. The smallest absolute Gasteiger partial charge is 0.123 e. The number of hydrogen-bond acceptors (Lipinski definition) is 3. The van der Waals surface area contributed by atoms with Crippen molar-refractivity contribution in [3.05, 3.63) is 35.4 Å². The van der Waals surface area contributed by atoms with E-state index in [2.05, 4.69) is 30.5 Å². The maximum atomic E-state index is 9.86. The molecule has 3 heteroatoms. The van der Waals surface area contributed by atoms with Crippen molar-refractivity contribution in [2.45, 2.75) is 32.3 Å². The van der Waals surface area contributed by atoms with E-state index in [1.54, 1.807) is 0 Å². The van der Waals surface area contributed by atoms with Crippen molar-refractivity contribution in [3.8, 4) is 5.75 Å². The first kappa shape index (κ1) is 14.1. The van der Waals surface area contributed by atoms with Crippen LogP contribution in [0.1, 0.15) is 30.9 Å². The van der Waals surface area contributed by atoms with Crippen molar-refractivity contribution in [1.82, 2.24) is 5.32 Å². The Kier molecular flexibility index (Phi) is 5.43. The third-order valence-corrected chi connectivity index (χ3v) is 3.31.